The summed E-state index contributed by atoms with van der Waals surface area (Å²) in [6, 6.07) is 15.6. The number of pyridine rings is 2. The lowest BCUT2D eigenvalue weighted by molar-refractivity contribution is -0.146. The summed E-state index contributed by atoms with van der Waals surface area (Å²) in [5.74, 6) is 0.140. The van der Waals surface area contributed by atoms with Crippen molar-refractivity contribution in [2.75, 3.05) is 35.2 Å². The normalized spacial score (nSPS) is 21.0. The van der Waals surface area contributed by atoms with Crippen molar-refractivity contribution >= 4 is 68.4 Å². The van der Waals surface area contributed by atoms with Gasteiger partial charge in [0.05, 0.1) is 46.9 Å². The predicted octanol–water partition coefficient (Wildman–Crippen LogP) is 6.73. The van der Waals surface area contributed by atoms with E-state index in [-0.39, 0.29) is 12.1 Å². The van der Waals surface area contributed by atoms with Gasteiger partial charge in [-0.1, -0.05) is 38.1 Å². The molecular formula is C48H56N12O4. The molecule has 6 N–H and O–H groups in total. The van der Waals surface area contributed by atoms with Gasteiger partial charge in [0.1, 0.15) is 11.6 Å². The van der Waals surface area contributed by atoms with Crippen LogP contribution in [-0.2, 0) is 33.3 Å². The quantitative estimate of drug-likeness (QED) is 0.130. The third-order valence-corrected chi connectivity index (χ3v) is 13.1. The van der Waals surface area contributed by atoms with Gasteiger partial charge < -0.3 is 31.9 Å². The highest BCUT2D eigenvalue weighted by Crippen LogP contribution is 2.44. The van der Waals surface area contributed by atoms with Gasteiger partial charge in [0.15, 0.2) is 0 Å². The van der Waals surface area contributed by atoms with E-state index in [1.54, 1.807) is 19.2 Å². The molecule has 16 heteroatoms. The first-order valence-electron chi connectivity index (χ1n) is 22.4. The minimum atomic E-state index is -0.642. The van der Waals surface area contributed by atoms with Gasteiger partial charge in [-0.15, -0.1) is 0 Å². The van der Waals surface area contributed by atoms with Gasteiger partial charge in [0.25, 0.3) is 0 Å². The number of carbonyl (C=O) groups is 4. The molecule has 2 saturated heterocycles. The molecule has 2 aliphatic heterocycles. The number of benzene rings is 2. The molecule has 2 aliphatic carbocycles. The van der Waals surface area contributed by atoms with Crippen LogP contribution in [0.1, 0.15) is 111 Å². The number of carbonyl (C=O) groups excluding carboxylic acids is 4. The third kappa shape index (κ3) is 9.13. The van der Waals surface area contributed by atoms with Gasteiger partial charge >= 0.3 is 23.6 Å². The fourth-order valence-electron chi connectivity index (χ4n) is 9.37. The molecule has 0 unspecified atom stereocenters. The van der Waals surface area contributed by atoms with Gasteiger partial charge in [-0.05, 0) is 122 Å². The summed E-state index contributed by atoms with van der Waals surface area (Å²) in [4.78, 5) is 64.1. The minimum absolute atomic E-state index is 0.151. The fraction of sp³-hybridized carbons (Fsp3) is 0.417. The number of hydrogen-bond acceptors (Lipinski definition) is 10. The Morgan fingerprint density at radius 3 is 1.38 bits per heavy atom. The van der Waals surface area contributed by atoms with Crippen molar-refractivity contribution in [3.8, 4) is 0 Å². The molecule has 0 bridgehead atoms. The van der Waals surface area contributed by atoms with E-state index in [1.165, 1.54) is 12.4 Å². The van der Waals surface area contributed by atoms with Crippen molar-refractivity contribution in [2.24, 2.45) is 25.9 Å². The Labute approximate surface area is 371 Å². The van der Waals surface area contributed by atoms with Crippen molar-refractivity contribution in [1.82, 2.24) is 39.3 Å². The molecular weight excluding hydrogens is 809 g/mol. The van der Waals surface area contributed by atoms with Gasteiger partial charge in [0.2, 0.25) is 0 Å². The molecule has 0 spiro atoms. The number of hydrogen-bond donors (Lipinski definition) is 4. The van der Waals surface area contributed by atoms with E-state index < -0.39 is 23.6 Å². The SMILES string of the molecule is C[C@@H]1CC[C@@H](c2ccc3cn(C)nc3c2)N(C(=O)C(=O)Nc2cnc(N)c(C3CC3)c2)C1.C[C@H]1CC[C@H](c2ccc3cn(C)nc3c2)N(C(=O)C(=O)Nc2cnc(N)c(C3CC3)c2)C1. The van der Waals surface area contributed by atoms with Gasteiger partial charge in [-0.25, -0.2) is 9.97 Å². The second kappa shape index (κ2) is 17.4. The Balaban J connectivity index is 0.000000162. The van der Waals surface area contributed by atoms with Crippen molar-refractivity contribution in [3.05, 3.63) is 95.6 Å². The zero-order valence-corrected chi connectivity index (χ0v) is 36.8. The van der Waals surface area contributed by atoms with E-state index in [4.69, 9.17) is 11.5 Å². The van der Waals surface area contributed by atoms with Crippen LogP contribution in [0.3, 0.4) is 0 Å². The highest BCUT2D eigenvalue weighted by molar-refractivity contribution is 6.40. The smallest absolute Gasteiger partial charge is 0.313 e. The number of amides is 4. The van der Waals surface area contributed by atoms with Crippen LogP contribution in [0.25, 0.3) is 21.8 Å². The molecule has 4 aliphatic rings. The Hall–Kier alpha value is -6.84. The maximum Gasteiger partial charge on any atom is 0.313 e. The Bertz CT molecular complexity index is 2580. The first-order chi connectivity index (χ1) is 30.8. The Morgan fingerprint density at radius 2 is 0.984 bits per heavy atom. The topological polar surface area (TPSA) is 212 Å². The molecule has 4 aromatic heterocycles. The van der Waals surface area contributed by atoms with Crippen molar-refractivity contribution in [1.29, 1.82) is 0 Å². The lowest BCUT2D eigenvalue weighted by Gasteiger charge is -2.38. The largest absolute Gasteiger partial charge is 0.383 e. The van der Waals surface area contributed by atoms with Crippen LogP contribution in [0.15, 0.2) is 73.3 Å². The molecule has 4 fully saturated rings. The second-order valence-corrected chi connectivity index (χ2v) is 18.4. The van der Waals surface area contributed by atoms with Gasteiger partial charge in [0, 0.05) is 50.4 Å². The molecule has 64 heavy (non-hydrogen) atoms. The number of piperidine rings is 2. The number of nitrogen functional groups attached to an aromatic ring is 2. The molecule has 6 heterocycles. The number of aryl methyl sites for hydroxylation is 2. The van der Waals surface area contributed by atoms with E-state index >= 15 is 0 Å². The number of rotatable bonds is 6. The average molecular weight is 865 g/mol. The molecule has 4 atom stereocenters. The van der Waals surface area contributed by atoms with E-state index in [2.05, 4.69) is 44.6 Å². The molecule has 6 aromatic rings. The molecule has 10 rings (SSSR count). The van der Waals surface area contributed by atoms with Crippen LogP contribution >= 0.6 is 0 Å². The first kappa shape index (κ1) is 42.5. The lowest BCUT2D eigenvalue weighted by atomic mass is 9.89. The number of nitrogens with one attached hydrogen (secondary N) is 2. The third-order valence-electron chi connectivity index (χ3n) is 13.1. The minimum Gasteiger partial charge on any atom is -0.383 e. The number of fused-ring (bicyclic) bond motifs is 2. The summed E-state index contributed by atoms with van der Waals surface area (Å²) in [6.45, 7) is 5.32. The summed E-state index contributed by atoms with van der Waals surface area (Å²) >= 11 is 0. The Kier molecular flexibility index (Phi) is 11.5. The number of likely N-dealkylation sites (tertiary alicyclic amines) is 2. The van der Waals surface area contributed by atoms with Crippen molar-refractivity contribution in [2.45, 2.75) is 89.1 Å². The number of nitrogens with zero attached hydrogens (tertiary/aromatic N) is 8. The molecule has 0 radical (unpaired) electrons. The molecule has 16 nitrogen and oxygen atoms in total. The van der Waals surface area contributed by atoms with Crippen LogP contribution in [0.2, 0.25) is 0 Å². The Morgan fingerprint density at radius 1 is 0.578 bits per heavy atom. The maximum absolute atomic E-state index is 13.2. The highest BCUT2D eigenvalue weighted by atomic mass is 16.2. The van der Waals surface area contributed by atoms with Gasteiger partial charge in [-0.3, -0.25) is 28.5 Å². The van der Waals surface area contributed by atoms with E-state index in [0.29, 0.717) is 59.8 Å². The van der Waals surface area contributed by atoms with Crippen LogP contribution in [0.4, 0.5) is 23.0 Å². The molecule has 2 aromatic carbocycles. The molecule has 4 amide bonds. The zero-order chi connectivity index (χ0) is 44.8. The summed E-state index contributed by atoms with van der Waals surface area (Å²) in [6.07, 6.45) is 14.9. The zero-order valence-electron chi connectivity index (χ0n) is 36.8. The summed E-state index contributed by atoms with van der Waals surface area (Å²) in [7, 11) is 3.78. The molecule has 332 valence electrons. The predicted molar refractivity (Wildman–Crippen MR) is 246 cm³/mol. The summed E-state index contributed by atoms with van der Waals surface area (Å²) < 4.78 is 3.56. The van der Waals surface area contributed by atoms with Crippen LogP contribution in [-0.4, -0.2) is 76.0 Å². The van der Waals surface area contributed by atoms with E-state index in [1.807, 2.05) is 75.0 Å². The van der Waals surface area contributed by atoms with Crippen LogP contribution in [0.5, 0.6) is 0 Å². The summed E-state index contributed by atoms with van der Waals surface area (Å²) in [5.41, 5.74) is 18.7. The average Bonchev–Trinajstić information content (AvgIpc) is 4.22. The standard InChI is InChI=1S/2C24H28N6O2/c2*1-14-3-8-21(16-6-7-17-13-29(2)28-20(17)9-16)30(12-14)24(32)23(31)27-18-10-19(15-4-5-15)22(25)26-11-18/h2*6-7,9-11,13-15,21H,3-5,8,12H2,1-2H3,(H2,25,26)(H,27,31)/t2*14-,21+/m10/s1. The number of anilines is 4. The lowest BCUT2D eigenvalue weighted by Crippen LogP contribution is -2.46. The van der Waals surface area contributed by atoms with E-state index in [0.717, 1.165) is 95.4 Å². The molecule has 2 saturated carbocycles. The van der Waals surface area contributed by atoms with Crippen LogP contribution in [0, 0.1) is 11.8 Å². The maximum atomic E-state index is 13.2. The number of aromatic nitrogens is 6. The fourth-order valence-corrected chi connectivity index (χ4v) is 9.37. The van der Waals surface area contributed by atoms with E-state index in [9.17, 15) is 19.2 Å². The van der Waals surface area contributed by atoms with Crippen molar-refractivity contribution in [3.63, 3.8) is 0 Å². The first-order valence-corrected chi connectivity index (χ1v) is 22.4. The van der Waals surface area contributed by atoms with Crippen molar-refractivity contribution < 1.29 is 19.2 Å². The number of nitrogens with two attached hydrogens (primary N) is 2. The highest BCUT2D eigenvalue weighted by Gasteiger charge is 2.37. The monoisotopic (exact) mass is 864 g/mol. The summed E-state index contributed by atoms with van der Waals surface area (Å²) in [5, 5.41) is 16.6. The van der Waals surface area contributed by atoms with Gasteiger partial charge in [-0.2, -0.15) is 10.2 Å². The van der Waals surface area contributed by atoms with Crippen LogP contribution < -0.4 is 22.1 Å². The second-order valence-electron chi connectivity index (χ2n) is 18.4.